The predicted molar refractivity (Wildman–Crippen MR) is 66.1 cm³/mol. The molecular weight excluding hydrogens is 304 g/mol. The van der Waals surface area contributed by atoms with Gasteiger partial charge in [-0.05, 0) is 46.8 Å². The number of nitro benzene ring substituents is 1. The molecule has 0 heterocycles. The second-order valence-corrected chi connectivity index (χ2v) is 5.03. The SMILES string of the molecule is O=C=NC1(c2cc(Br)c(O)c([N+](=O)[O-])c2)CCC1. The summed E-state index contributed by atoms with van der Waals surface area (Å²) in [5, 5.41) is 20.4. The fraction of sp³-hybridized carbons (Fsp3) is 0.364. The summed E-state index contributed by atoms with van der Waals surface area (Å²) in [7, 11) is 0. The van der Waals surface area contributed by atoms with Gasteiger partial charge >= 0.3 is 5.69 Å². The lowest BCUT2D eigenvalue weighted by atomic mass is 9.72. The van der Waals surface area contributed by atoms with Gasteiger partial charge < -0.3 is 5.11 Å². The van der Waals surface area contributed by atoms with Gasteiger partial charge in [-0.2, -0.15) is 4.99 Å². The molecule has 6 nitrogen and oxygen atoms in total. The molecule has 0 radical (unpaired) electrons. The highest BCUT2D eigenvalue weighted by Crippen LogP contribution is 2.48. The van der Waals surface area contributed by atoms with Crippen LogP contribution in [0.15, 0.2) is 21.6 Å². The van der Waals surface area contributed by atoms with Crippen LogP contribution < -0.4 is 0 Å². The Morgan fingerprint density at radius 2 is 2.17 bits per heavy atom. The molecule has 0 saturated heterocycles. The van der Waals surface area contributed by atoms with Crippen molar-refractivity contribution in [3.8, 4) is 5.75 Å². The van der Waals surface area contributed by atoms with Crippen molar-refractivity contribution in [3.63, 3.8) is 0 Å². The van der Waals surface area contributed by atoms with Gasteiger partial charge in [0.15, 0.2) is 0 Å². The van der Waals surface area contributed by atoms with Gasteiger partial charge in [0.1, 0.15) is 0 Å². The molecule has 1 saturated carbocycles. The summed E-state index contributed by atoms with van der Waals surface area (Å²) in [6.07, 6.45) is 3.72. The largest absolute Gasteiger partial charge is 0.501 e. The van der Waals surface area contributed by atoms with Gasteiger partial charge in [0.2, 0.25) is 11.8 Å². The first-order chi connectivity index (χ1) is 8.50. The van der Waals surface area contributed by atoms with Crippen LogP contribution in [0.3, 0.4) is 0 Å². The number of carbonyl (C=O) groups excluding carboxylic acids is 1. The van der Waals surface area contributed by atoms with Crippen LogP contribution in [0.25, 0.3) is 0 Å². The predicted octanol–water partition coefficient (Wildman–Crippen LogP) is 2.78. The first-order valence-corrected chi connectivity index (χ1v) is 6.06. The maximum Gasteiger partial charge on any atom is 0.312 e. The molecule has 0 aromatic heterocycles. The van der Waals surface area contributed by atoms with E-state index in [-0.39, 0.29) is 4.47 Å². The number of aliphatic imine (C=N–C) groups is 1. The quantitative estimate of drug-likeness (QED) is 0.402. The number of hydrogen-bond acceptors (Lipinski definition) is 5. The van der Waals surface area contributed by atoms with Gasteiger partial charge in [0.25, 0.3) is 0 Å². The molecule has 0 unspecified atom stereocenters. The molecule has 1 aromatic rings. The number of benzene rings is 1. The fourth-order valence-corrected chi connectivity index (χ4v) is 2.51. The first kappa shape index (κ1) is 12.7. The lowest BCUT2D eigenvalue weighted by molar-refractivity contribution is -0.386. The molecule has 18 heavy (non-hydrogen) atoms. The minimum absolute atomic E-state index is 0.221. The van der Waals surface area contributed by atoms with Crippen molar-refractivity contribution in [2.24, 2.45) is 4.99 Å². The Bertz CT molecular complexity index is 562. The van der Waals surface area contributed by atoms with Crippen molar-refractivity contribution in [2.45, 2.75) is 24.8 Å². The third-order valence-electron chi connectivity index (χ3n) is 3.22. The van der Waals surface area contributed by atoms with Gasteiger partial charge in [-0.3, -0.25) is 10.1 Å². The summed E-state index contributed by atoms with van der Waals surface area (Å²) in [6, 6.07) is 2.82. The Balaban J connectivity index is 2.58. The van der Waals surface area contributed by atoms with Crippen molar-refractivity contribution < 1.29 is 14.8 Å². The van der Waals surface area contributed by atoms with E-state index in [0.717, 1.165) is 6.42 Å². The summed E-state index contributed by atoms with van der Waals surface area (Å²) in [5.41, 5.74) is -0.567. The summed E-state index contributed by atoms with van der Waals surface area (Å²) >= 11 is 3.07. The van der Waals surface area contributed by atoms with E-state index >= 15 is 0 Å². The minimum atomic E-state index is -0.720. The molecule has 0 amide bonds. The second-order valence-electron chi connectivity index (χ2n) is 4.17. The Morgan fingerprint density at radius 3 is 2.61 bits per heavy atom. The Hall–Kier alpha value is -1.72. The van der Waals surface area contributed by atoms with E-state index in [1.165, 1.54) is 12.1 Å². The third kappa shape index (κ3) is 1.91. The lowest BCUT2D eigenvalue weighted by Gasteiger charge is -2.37. The number of aromatic hydroxyl groups is 1. The first-order valence-electron chi connectivity index (χ1n) is 5.26. The molecule has 0 bridgehead atoms. The molecule has 0 spiro atoms. The smallest absolute Gasteiger partial charge is 0.312 e. The minimum Gasteiger partial charge on any atom is -0.501 e. The van der Waals surface area contributed by atoms with E-state index in [4.69, 9.17) is 0 Å². The second kappa shape index (κ2) is 4.51. The Kier molecular flexibility index (Phi) is 3.19. The van der Waals surface area contributed by atoms with E-state index in [1.54, 1.807) is 6.07 Å². The van der Waals surface area contributed by atoms with Crippen LogP contribution in [0, 0.1) is 10.1 Å². The van der Waals surface area contributed by atoms with Crippen molar-refractivity contribution in [1.29, 1.82) is 0 Å². The highest BCUT2D eigenvalue weighted by atomic mass is 79.9. The summed E-state index contributed by atoms with van der Waals surface area (Å²) < 4.78 is 0.221. The average Bonchev–Trinajstić information content (AvgIpc) is 2.26. The standard InChI is InChI=1S/C11H9BrN2O4/c12-8-4-7(5-9(10(8)16)14(17)18)11(13-6-15)2-1-3-11/h4-5,16H,1-3H2. The van der Waals surface area contributed by atoms with Crippen molar-refractivity contribution >= 4 is 27.7 Å². The monoisotopic (exact) mass is 312 g/mol. The highest BCUT2D eigenvalue weighted by molar-refractivity contribution is 9.10. The number of hydrogen-bond donors (Lipinski definition) is 1. The van der Waals surface area contributed by atoms with Crippen molar-refractivity contribution in [1.82, 2.24) is 0 Å². The number of phenols is 1. The van der Waals surface area contributed by atoms with Gasteiger partial charge in [0.05, 0.1) is 14.9 Å². The molecule has 1 aromatic carbocycles. The van der Waals surface area contributed by atoms with E-state index in [1.807, 2.05) is 0 Å². The molecule has 1 N–H and O–H groups in total. The van der Waals surface area contributed by atoms with Crippen molar-refractivity contribution in [2.75, 3.05) is 0 Å². The van der Waals surface area contributed by atoms with E-state index in [0.29, 0.717) is 18.4 Å². The third-order valence-corrected chi connectivity index (χ3v) is 3.82. The Morgan fingerprint density at radius 1 is 1.50 bits per heavy atom. The fourth-order valence-electron chi connectivity index (χ4n) is 2.06. The Labute approximate surface area is 111 Å². The number of isocyanates is 1. The van der Waals surface area contributed by atoms with Gasteiger partial charge in [-0.1, -0.05) is 0 Å². The van der Waals surface area contributed by atoms with Gasteiger partial charge in [0, 0.05) is 6.07 Å². The van der Waals surface area contributed by atoms with E-state index in [2.05, 4.69) is 20.9 Å². The number of halogens is 1. The summed E-state index contributed by atoms with van der Waals surface area (Å²) in [6.45, 7) is 0. The summed E-state index contributed by atoms with van der Waals surface area (Å²) in [5.74, 6) is -0.423. The number of nitro groups is 1. The average molecular weight is 313 g/mol. The number of nitrogens with zero attached hydrogens (tertiary/aromatic N) is 2. The van der Waals surface area contributed by atoms with Crippen LogP contribution >= 0.6 is 15.9 Å². The van der Waals surface area contributed by atoms with Crippen LogP contribution in [0.4, 0.5) is 5.69 Å². The molecule has 0 atom stereocenters. The molecule has 1 aliphatic carbocycles. The topological polar surface area (TPSA) is 92.8 Å². The molecule has 1 aliphatic rings. The lowest BCUT2D eigenvalue weighted by Crippen LogP contribution is -2.31. The van der Waals surface area contributed by atoms with Crippen LogP contribution in [-0.4, -0.2) is 16.1 Å². The van der Waals surface area contributed by atoms with Gasteiger partial charge in [-0.15, -0.1) is 0 Å². The maximum atomic E-state index is 10.8. The van der Waals surface area contributed by atoms with Crippen LogP contribution in [0.1, 0.15) is 24.8 Å². The zero-order chi connectivity index (χ0) is 13.3. The van der Waals surface area contributed by atoms with Crippen LogP contribution in [0.5, 0.6) is 5.75 Å². The van der Waals surface area contributed by atoms with Gasteiger partial charge in [-0.25, -0.2) is 4.79 Å². The maximum absolute atomic E-state index is 10.8. The van der Waals surface area contributed by atoms with Crippen LogP contribution in [-0.2, 0) is 10.3 Å². The molecule has 1 fully saturated rings. The normalized spacial score (nSPS) is 16.5. The van der Waals surface area contributed by atoms with E-state index in [9.17, 15) is 20.0 Å². The molecular formula is C11H9BrN2O4. The zero-order valence-corrected chi connectivity index (χ0v) is 10.8. The molecule has 7 heteroatoms. The zero-order valence-electron chi connectivity index (χ0n) is 9.22. The van der Waals surface area contributed by atoms with Crippen molar-refractivity contribution in [3.05, 3.63) is 32.3 Å². The molecule has 2 rings (SSSR count). The molecule has 94 valence electrons. The van der Waals surface area contributed by atoms with Crippen LogP contribution in [0.2, 0.25) is 0 Å². The summed E-state index contributed by atoms with van der Waals surface area (Å²) in [4.78, 5) is 24.4. The van der Waals surface area contributed by atoms with E-state index < -0.39 is 21.9 Å². The number of phenolic OH excluding ortho intramolecular Hbond substituents is 1. The highest BCUT2D eigenvalue weighted by Gasteiger charge is 2.40. The number of rotatable bonds is 3. The molecule has 0 aliphatic heterocycles.